The fourth-order valence-corrected chi connectivity index (χ4v) is 5.39. The van der Waals surface area contributed by atoms with Crippen LogP contribution in [-0.4, -0.2) is 20.1 Å². The predicted molar refractivity (Wildman–Crippen MR) is 127 cm³/mol. The van der Waals surface area contributed by atoms with E-state index in [0.717, 1.165) is 58.4 Å². The molecule has 2 heterocycles. The second-order valence-electron chi connectivity index (χ2n) is 7.47. The fraction of sp³-hybridized carbons (Fsp3) is 0.304. The Bertz CT molecular complexity index is 1230. The van der Waals surface area contributed by atoms with E-state index in [9.17, 15) is 9.59 Å². The molecule has 0 spiro atoms. The van der Waals surface area contributed by atoms with Gasteiger partial charge >= 0.3 is 0 Å². The quantitative estimate of drug-likeness (QED) is 0.370. The number of hydrogen-bond acceptors (Lipinski definition) is 6. The van der Waals surface area contributed by atoms with Gasteiger partial charge < -0.3 is 5.32 Å². The van der Waals surface area contributed by atoms with E-state index in [1.165, 1.54) is 11.3 Å². The third kappa shape index (κ3) is 5.45. The molecule has 1 N–H and O–H groups in total. The molecule has 31 heavy (non-hydrogen) atoms. The van der Waals surface area contributed by atoms with Crippen LogP contribution in [0.25, 0.3) is 10.1 Å². The predicted octanol–water partition coefficient (Wildman–Crippen LogP) is 4.82. The van der Waals surface area contributed by atoms with Crippen LogP contribution in [0.5, 0.6) is 0 Å². The number of benzene rings is 2. The molecule has 4 aromatic rings. The molecule has 6 nitrogen and oxygen atoms in total. The Morgan fingerprint density at radius 2 is 1.87 bits per heavy atom. The van der Waals surface area contributed by atoms with E-state index in [-0.39, 0.29) is 11.5 Å². The lowest BCUT2D eigenvalue weighted by molar-refractivity contribution is -0.115. The van der Waals surface area contributed by atoms with Gasteiger partial charge in [-0.3, -0.25) is 13.5 Å². The summed E-state index contributed by atoms with van der Waals surface area (Å²) in [5, 5.41) is 13.4. The highest BCUT2D eigenvalue weighted by atomic mass is 32.1. The van der Waals surface area contributed by atoms with Crippen LogP contribution >= 0.6 is 22.9 Å². The molecule has 0 bridgehead atoms. The highest BCUT2D eigenvalue weighted by Gasteiger charge is 2.10. The molecule has 0 aliphatic carbocycles. The zero-order chi connectivity index (χ0) is 21.6. The minimum absolute atomic E-state index is 0.0853. The van der Waals surface area contributed by atoms with Gasteiger partial charge in [0.1, 0.15) is 5.01 Å². The van der Waals surface area contributed by atoms with Crippen molar-refractivity contribution in [2.45, 2.75) is 45.6 Å². The lowest BCUT2D eigenvalue weighted by Gasteiger charge is -2.01. The summed E-state index contributed by atoms with van der Waals surface area (Å²) in [7, 11) is 0. The van der Waals surface area contributed by atoms with Crippen molar-refractivity contribution in [2.75, 3.05) is 5.32 Å². The molecule has 2 aromatic carbocycles. The number of carbonyl (C=O) groups is 1. The molecule has 4 rings (SSSR count). The Morgan fingerprint density at radius 3 is 2.68 bits per heavy atom. The van der Waals surface area contributed by atoms with Crippen molar-refractivity contribution in [2.24, 2.45) is 0 Å². The number of amides is 1. The number of unbranched alkanes of at least 4 members (excludes halogenated alkanes) is 2. The summed E-state index contributed by atoms with van der Waals surface area (Å²) in [6.45, 7) is 2.73. The van der Waals surface area contributed by atoms with Gasteiger partial charge in [0.15, 0.2) is 0 Å². The molecule has 1 amide bonds. The average molecular weight is 453 g/mol. The van der Waals surface area contributed by atoms with Crippen LogP contribution in [0, 0.1) is 6.92 Å². The normalized spacial score (nSPS) is 11.1. The number of carbonyl (C=O) groups excluding carboxylic acids is 1. The van der Waals surface area contributed by atoms with E-state index in [1.54, 1.807) is 11.5 Å². The molecule has 0 saturated heterocycles. The van der Waals surface area contributed by atoms with Crippen LogP contribution in [0.4, 0.5) is 5.13 Å². The maximum Gasteiger partial charge on any atom is 0.268 e. The van der Waals surface area contributed by atoms with Crippen LogP contribution in [0.2, 0.25) is 0 Å². The minimum Gasteiger partial charge on any atom is -0.300 e. The van der Waals surface area contributed by atoms with Crippen LogP contribution in [0.1, 0.15) is 35.4 Å². The molecular weight excluding hydrogens is 428 g/mol. The third-order valence-corrected chi connectivity index (χ3v) is 7.06. The zero-order valence-electron chi connectivity index (χ0n) is 17.3. The van der Waals surface area contributed by atoms with Gasteiger partial charge in [-0.05, 0) is 37.0 Å². The van der Waals surface area contributed by atoms with Gasteiger partial charge in [-0.25, -0.2) is 0 Å². The Kier molecular flexibility index (Phi) is 6.89. The molecule has 0 radical (unpaired) electrons. The van der Waals surface area contributed by atoms with Crippen molar-refractivity contribution in [1.82, 2.24) is 14.2 Å². The Morgan fingerprint density at radius 1 is 1.03 bits per heavy atom. The third-order valence-electron chi connectivity index (χ3n) is 5.06. The summed E-state index contributed by atoms with van der Waals surface area (Å²) in [5.41, 5.74) is 2.14. The summed E-state index contributed by atoms with van der Waals surface area (Å²) < 4.78 is 2.92. The van der Waals surface area contributed by atoms with Gasteiger partial charge in [-0.2, -0.15) is 0 Å². The van der Waals surface area contributed by atoms with Gasteiger partial charge in [0.25, 0.3) is 5.56 Å². The number of rotatable bonds is 9. The van der Waals surface area contributed by atoms with Crippen molar-refractivity contribution in [3.63, 3.8) is 0 Å². The van der Waals surface area contributed by atoms with Gasteiger partial charge in [0.05, 0.1) is 16.5 Å². The summed E-state index contributed by atoms with van der Waals surface area (Å²) >= 11 is 2.97. The molecule has 0 fully saturated rings. The summed E-state index contributed by atoms with van der Waals surface area (Å²) in [6.07, 6.45) is 4.09. The number of nitrogens with zero attached hydrogens (tertiary/aromatic N) is 3. The number of nitrogens with one attached hydrogen (secondary N) is 1. The van der Waals surface area contributed by atoms with Crippen LogP contribution < -0.4 is 10.9 Å². The van der Waals surface area contributed by atoms with Crippen LogP contribution in [0.3, 0.4) is 0 Å². The first-order valence-electron chi connectivity index (χ1n) is 10.4. The Balaban J connectivity index is 1.21. The minimum atomic E-state index is -0.0853. The van der Waals surface area contributed by atoms with Crippen molar-refractivity contribution in [3.8, 4) is 0 Å². The monoisotopic (exact) mass is 452 g/mol. The smallest absolute Gasteiger partial charge is 0.268 e. The van der Waals surface area contributed by atoms with Gasteiger partial charge in [-0.1, -0.05) is 71.8 Å². The summed E-state index contributed by atoms with van der Waals surface area (Å²) in [6, 6.07) is 15.6. The SMILES string of the molecule is Cc1cccc2sn(CCCCCc3nnc(NC(=O)Cc4ccccc4)s3)c(=O)c12. The van der Waals surface area contributed by atoms with E-state index in [1.807, 2.05) is 59.4 Å². The Labute approximate surface area is 188 Å². The van der Waals surface area contributed by atoms with Crippen molar-refractivity contribution in [1.29, 1.82) is 0 Å². The molecule has 160 valence electrons. The Hall–Kier alpha value is -2.84. The van der Waals surface area contributed by atoms with Crippen molar-refractivity contribution < 1.29 is 4.79 Å². The van der Waals surface area contributed by atoms with E-state index in [0.29, 0.717) is 11.6 Å². The van der Waals surface area contributed by atoms with Gasteiger partial charge in [-0.15, -0.1) is 10.2 Å². The number of aryl methyl sites for hydroxylation is 3. The van der Waals surface area contributed by atoms with Crippen molar-refractivity contribution >= 4 is 44.0 Å². The molecule has 0 aliphatic heterocycles. The van der Waals surface area contributed by atoms with E-state index in [4.69, 9.17) is 0 Å². The molecule has 2 aromatic heterocycles. The number of aromatic nitrogens is 3. The largest absolute Gasteiger partial charge is 0.300 e. The lowest BCUT2D eigenvalue weighted by Crippen LogP contribution is -2.14. The van der Waals surface area contributed by atoms with E-state index < -0.39 is 0 Å². The molecule has 8 heteroatoms. The first-order chi connectivity index (χ1) is 15.1. The molecule has 0 unspecified atom stereocenters. The van der Waals surface area contributed by atoms with E-state index in [2.05, 4.69) is 15.5 Å². The second kappa shape index (κ2) is 9.98. The highest BCUT2D eigenvalue weighted by Crippen LogP contribution is 2.21. The van der Waals surface area contributed by atoms with Crippen LogP contribution in [-0.2, 0) is 24.2 Å². The highest BCUT2D eigenvalue weighted by molar-refractivity contribution is 7.15. The first kappa shape index (κ1) is 21.4. The van der Waals surface area contributed by atoms with Gasteiger partial charge in [0.2, 0.25) is 11.0 Å². The van der Waals surface area contributed by atoms with Gasteiger partial charge in [0, 0.05) is 13.0 Å². The number of anilines is 1. The zero-order valence-corrected chi connectivity index (χ0v) is 19.0. The first-order valence-corrected chi connectivity index (χ1v) is 11.9. The summed E-state index contributed by atoms with van der Waals surface area (Å²) in [5.74, 6) is -0.0853. The molecule has 0 atom stereocenters. The number of fused-ring (bicyclic) bond motifs is 1. The second-order valence-corrected chi connectivity index (χ2v) is 9.59. The molecule has 0 aliphatic rings. The maximum absolute atomic E-state index is 12.6. The fourth-order valence-electron chi connectivity index (χ4n) is 3.48. The molecule has 0 saturated carbocycles. The van der Waals surface area contributed by atoms with Crippen LogP contribution in [0.15, 0.2) is 53.3 Å². The molecular formula is C23H24N4O2S2. The number of hydrogen-bond donors (Lipinski definition) is 1. The van der Waals surface area contributed by atoms with Crippen molar-refractivity contribution in [3.05, 3.63) is 75.0 Å². The lowest BCUT2D eigenvalue weighted by atomic mass is 10.1. The maximum atomic E-state index is 12.6. The standard InChI is InChI=1S/C23H24N4O2S2/c1-16-9-8-12-18-21(16)22(29)27(31-18)14-7-3-6-13-20-25-26-23(30-20)24-19(28)15-17-10-4-2-5-11-17/h2,4-5,8-12H,3,6-7,13-15H2,1H3,(H,24,26,28). The average Bonchev–Trinajstić information content (AvgIpc) is 3.33. The van der Waals surface area contributed by atoms with E-state index >= 15 is 0 Å². The summed E-state index contributed by atoms with van der Waals surface area (Å²) in [4.78, 5) is 24.7. The topological polar surface area (TPSA) is 76.9 Å².